The molecule has 0 saturated heterocycles. The summed E-state index contributed by atoms with van der Waals surface area (Å²) in [5.74, 6) is 1.08. The van der Waals surface area contributed by atoms with Crippen LogP contribution in [-0.2, 0) is 11.2 Å². The van der Waals surface area contributed by atoms with Crippen LogP contribution < -0.4 is 5.73 Å². The quantitative estimate of drug-likeness (QED) is 0.878. The first kappa shape index (κ1) is 12.2. The highest BCUT2D eigenvalue weighted by Crippen LogP contribution is 2.22. The Morgan fingerprint density at radius 1 is 1.59 bits per heavy atom. The number of ether oxygens (including phenoxy) is 1. The van der Waals surface area contributed by atoms with E-state index in [1.54, 1.807) is 18.4 Å². The molecule has 5 nitrogen and oxygen atoms in total. The number of hydrogen-bond acceptors (Lipinski definition) is 6. The van der Waals surface area contributed by atoms with Crippen molar-refractivity contribution in [2.45, 2.75) is 25.5 Å². The van der Waals surface area contributed by atoms with E-state index in [0.29, 0.717) is 18.1 Å². The molecule has 0 bridgehead atoms. The molecule has 2 heterocycles. The van der Waals surface area contributed by atoms with Crippen LogP contribution in [-0.4, -0.2) is 23.4 Å². The van der Waals surface area contributed by atoms with Crippen LogP contribution in [0, 0.1) is 0 Å². The molecule has 0 fully saturated rings. The van der Waals surface area contributed by atoms with Gasteiger partial charge < -0.3 is 15.0 Å². The summed E-state index contributed by atoms with van der Waals surface area (Å²) in [6, 6.07) is 3.57. The van der Waals surface area contributed by atoms with E-state index in [-0.39, 0.29) is 12.1 Å². The zero-order valence-corrected chi connectivity index (χ0v) is 10.6. The summed E-state index contributed by atoms with van der Waals surface area (Å²) in [7, 11) is 1.66. The van der Waals surface area contributed by atoms with Gasteiger partial charge in [0.25, 0.3) is 0 Å². The number of thiophene rings is 1. The molecule has 0 saturated carbocycles. The summed E-state index contributed by atoms with van der Waals surface area (Å²) in [6.45, 7) is 1.95. The van der Waals surface area contributed by atoms with Crippen molar-refractivity contribution in [3.05, 3.63) is 34.1 Å². The molecular weight excluding hydrogens is 238 g/mol. The highest BCUT2D eigenvalue weighted by atomic mass is 32.1. The molecule has 2 atom stereocenters. The van der Waals surface area contributed by atoms with Crippen molar-refractivity contribution < 1.29 is 9.26 Å². The summed E-state index contributed by atoms with van der Waals surface area (Å²) < 4.78 is 10.3. The van der Waals surface area contributed by atoms with Crippen LogP contribution in [0.3, 0.4) is 0 Å². The van der Waals surface area contributed by atoms with Crippen LogP contribution in [0.25, 0.3) is 0 Å². The van der Waals surface area contributed by atoms with Crippen molar-refractivity contribution in [3.8, 4) is 0 Å². The van der Waals surface area contributed by atoms with Gasteiger partial charge in [-0.2, -0.15) is 4.98 Å². The van der Waals surface area contributed by atoms with Gasteiger partial charge in [-0.15, -0.1) is 11.3 Å². The Labute approximate surface area is 104 Å². The largest absolute Gasteiger partial charge is 0.381 e. The molecular formula is C11H15N3O2S. The summed E-state index contributed by atoms with van der Waals surface area (Å²) in [5, 5.41) is 5.87. The topological polar surface area (TPSA) is 74.2 Å². The maximum Gasteiger partial charge on any atom is 0.248 e. The Hall–Kier alpha value is -1.24. The maximum absolute atomic E-state index is 6.02. The van der Waals surface area contributed by atoms with E-state index in [0.717, 1.165) is 4.88 Å². The number of methoxy groups -OCH3 is 1. The Morgan fingerprint density at radius 3 is 3.06 bits per heavy atom. The fraction of sp³-hybridized carbons (Fsp3) is 0.455. The second-order valence-corrected chi connectivity index (χ2v) is 4.77. The first-order chi connectivity index (χ1) is 8.20. The van der Waals surface area contributed by atoms with Gasteiger partial charge in [-0.3, -0.25) is 0 Å². The van der Waals surface area contributed by atoms with Crippen LogP contribution in [0.5, 0.6) is 0 Å². The predicted octanol–water partition coefficient (Wildman–Crippen LogP) is 1.76. The van der Waals surface area contributed by atoms with Crippen LogP contribution in [0.2, 0.25) is 0 Å². The van der Waals surface area contributed by atoms with E-state index in [2.05, 4.69) is 10.1 Å². The van der Waals surface area contributed by atoms with Crippen molar-refractivity contribution >= 4 is 11.3 Å². The number of rotatable bonds is 5. The number of aromatic nitrogens is 2. The average Bonchev–Trinajstić information content (AvgIpc) is 2.98. The van der Waals surface area contributed by atoms with Gasteiger partial charge in [0.1, 0.15) is 6.04 Å². The van der Waals surface area contributed by atoms with Gasteiger partial charge in [-0.25, -0.2) is 0 Å². The number of hydrogen-bond donors (Lipinski definition) is 1. The third-order valence-electron chi connectivity index (χ3n) is 2.47. The summed E-state index contributed by atoms with van der Waals surface area (Å²) in [5.41, 5.74) is 6.02. The van der Waals surface area contributed by atoms with E-state index in [4.69, 9.17) is 15.0 Å². The van der Waals surface area contributed by atoms with Crippen LogP contribution in [0.4, 0.5) is 0 Å². The van der Waals surface area contributed by atoms with Crippen LogP contribution in [0.1, 0.15) is 29.6 Å². The summed E-state index contributed by atoms with van der Waals surface area (Å²) >= 11 is 1.58. The smallest absolute Gasteiger partial charge is 0.248 e. The maximum atomic E-state index is 6.02. The van der Waals surface area contributed by atoms with Gasteiger partial charge in [0.15, 0.2) is 5.82 Å². The third kappa shape index (κ3) is 2.91. The number of nitrogens with two attached hydrogens (primary N) is 1. The SMILES string of the molecule is COC(C)Cc1noc(C(N)c2cccs2)n1. The third-order valence-corrected chi connectivity index (χ3v) is 3.43. The Kier molecular flexibility index (Phi) is 3.88. The fourth-order valence-electron chi connectivity index (χ4n) is 1.41. The predicted molar refractivity (Wildman–Crippen MR) is 64.8 cm³/mol. The second kappa shape index (κ2) is 5.39. The van der Waals surface area contributed by atoms with Gasteiger partial charge >= 0.3 is 0 Å². The standard InChI is InChI=1S/C11H15N3O2S/c1-7(15-2)6-9-13-11(16-14-9)10(12)8-4-3-5-17-8/h3-5,7,10H,6,12H2,1-2H3. The molecule has 0 aromatic carbocycles. The first-order valence-corrected chi connectivity index (χ1v) is 6.23. The van der Waals surface area contributed by atoms with Gasteiger partial charge in [0, 0.05) is 18.4 Å². The molecule has 92 valence electrons. The van der Waals surface area contributed by atoms with Crippen LogP contribution >= 0.6 is 11.3 Å². The normalized spacial score (nSPS) is 14.8. The minimum atomic E-state index is -0.339. The van der Waals surface area contributed by atoms with Gasteiger partial charge in [0.2, 0.25) is 5.89 Å². The molecule has 2 aromatic rings. The summed E-state index contributed by atoms with van der Waals surface area (Å²) in [6.07, 6.45) is 0.690. The van der Waals surface area contributed by atoms with Gasteiger partial charge in [-0.1, -0.05) is 11.2 Å². The van der Waals surface area contributed by atoms with Crippen molar-refractivity contribution in [1.82, 2.24) is 10.1 Å². The van der Waals surface area contributed by atoms with E-state index < -0.39 is 0 Å². The zero-order chi connectivity index (χ0) is 12.3. The molecule has 0 amide bonds. The lowest BCUT2D eigenvalue weighted by atomic mass is 10.2. The van der Waals surface area contributed by atoms with Gasteiger partial charge in [-0.05, 0) is 18.4 Å². The lowest BCUT2D eigenvalue weighted by Crippen LogP contribution is -2.12. The Balaban J connectivity index is 2.08. The lowest BCUT2D eigenvalue weighted by molar-refractivity contribution is 0.116. The molecule has 2 rings (SSSR count). The lowest BCUT2D eigenvalue weighted by Gasteiger charge is -2.04. The zero-order valence-electron chi connectivity index (χ0n) is 9.79. The summed E-state index contributed by atoms with van der Waals surface area (Å²) in [4.78, 5) is 5.29. The van der Waals surface area contributed by atoms with E-state index in [1.807, 2.05) is 24.4 Å². The molecule has 6 heteroatoms. The first-order valence-electron chi connectivity index (χ1n) is 5.35. The van der Waals surface area contributed by atoms with E-state index >= 15 is 0 Å². The minimum Gasteiger partial charge on any atom is -0.381 e. The molecule has 2 N–H and O–H groups in total. The van der Waals surface area contributed by atoms with Gasteiger partial charge in [0.05, 0.1) is 6.10 Å². The molecule has 0 spiro atoms. The molecule has 0 aliphatic carbocycles. The average molecular weight is 253 g/mol. The van der Waals surface area contributed by atoms with Crippen molar-refractivity contribution in [1.29, 1.82) is 0 Å². The van der Waals surface area contributed by atoms with E-state index in [9.17, 15) is 0 Å². The molecule has 0 aliphatic heterocycles. The molecule has 0 aliphatic rings. The van der Waals surface area contributed by atoms with E-state index in [1.165, 1.54) is 0 Å². The van der Waals surface area contributed by atoms with Crippen molar-refractivity contribution in [3.63, 3.8) is 0 Å². The van der Waals surface area contributed by atoms with Crippen molar-refractivity contribution in [2.75, 3.05) is 7.11 Å². The Morgan fingerprint density at radius 2 is 2.41 bits per heavy atom. The highest BCUT2D eigenvalue weighted by Gasteiger charge is 2.18. The van der Waals surface area contributed by atoms with Crippen LogP contribution in [0.15, 0.2) is 22.0 Å². The molecule has 17 heavy (non-hydrogen) atoms. The Bertz CT molecular complexity index is 455. The molecule has 0 radical (unpaired) electrons. The minimum absolute atomic E-state index is 0.0680. The van der Waals surface area contributed by atoms with Crippen molar-refractivity contribution in [2.24, 2.45) is 5.73 Å². The molecule has 2 aromatic heterocycles. The number of nitrogens with zero attached hydrogens (tertiary/aromatic N) is 2. The second-order valence-electron chi connectivity index (χ2n) is 3.79. The molecule has 2 unspecified atom stereocenters. The monoisotopic (exact) mass is 253 g/mol. The highest BCUT2D eigenvalue weighted by molar-refractivity contribution is 7.10. The fourth-order valence-corrected chi connectivity index (χ4v) is 2.13.